The van der Waals surface area contributed by atoms with E-state index in [1.54, 1.807) is 19.1 Å². The van der Waals surface area contributed by atoms with Crippen molar-refractivity contribution in [1.29, 1.82) is 0 Å². The summed E-state index contributed by atoms with van der Waals surface area (Å²) in [5.41, 5.74) is 0.800. The van der Waals surface area contributed by atoms with Crippen LogP contribution in [0, 0.1) is 10.1 Å². The summed E-state index contributed by atoms with van der Waals surface area (Å²) >= 11 is 0. The lowest BCUT2D eigenvalue weighted by molar-refractivity contribution is -0.770. The Labute approximate surface area is 69.9 Å². The van der Waals surface area contributed by atoms with Gasteiger partial charge in [0.2, 0.25) is 0 Å². The Morgan fingerprint density at radius 2 is 2.00 bits per heavy atom. The first-order valence-corrected chi connectivity index (χ1v) is 3.56. The fourth-order valence-corrected chi connectivity index (χ4v) is 0.914. The molecule has 0 aliphatic rings. The van der Waals surface area contributed by atoms with E-state index in [2.05, 4.69) is 4.84 Å². The standard InChI is InChI=1S/C8H9NO3/c1-7(12-9(10)11)8-5-3-2-4-6-8/h2-7H,1H3/t7-/m1/s1. The van der Waals surface area contributed by atoms with E-state index in [1.807, 2.05) is 18.2 Å². The molecule has 1 atom stereocenters. The first kappa shape index (κ1) is 8.52. The predicted molar refractivity (Wildman–Crippen MR) is 42.9 cm³/mol. The Bertz CT molecular complexity index is 260. The molecule has 1 rings (SSSR count). The third-order valence-corrected chi connectivity index (χ3v) is 1.51. The van der Waals surface area contributed by atoms with Crippen LogP contribution in [0.25, 0.3) is 0 Å². The zero-order valence-electron chi connectivity index (χ0n) is 6.64. The van der Waals surface area contributed by atoms with E-state index < -0.39 is 11.2 Å². The van der Waals surface area contributed by atoms with Crippen LogP contribution >= 0.6 is 0 Å². The normalized spacial score (nSPS) is 12.1. The predicted octanol–water partition coefficient (Wildman–Crippen LogP) is 1.96. The average molecular weight is 167 g/mol. The fraction of sp³-hybridized carbons (Fsp3) is 0.250. The second-order valence-corrected chi connectivity index (χ2v) is 2.38. The highest BCUT2D eigenvalue weighted by Gasteiger charge is 2.07. The van der Waals surface area contributed by atoms with Gasteiger partial charge >= 0.3 is 0 Å². The molecule has 4 heteroatoms. The molecule has 0 unspecified atom stereocenters. The topological polar surface area (TPSA) is 52.4 Å². The zero-order chi connectivity index (χ0) is 8.97. The molecular weight excluding hydrogens is 158 g/mol. The third-order valence-electron chi connectivity index (χ3n) is 1.51. The van der Waals surface area contributed by atoms with Crippen LogP contribution in [-0.4, -0.2) is 5.09 Å². The fourth-order valence-electron chi connectivity index (χ4n) is 0.914. The highest BCUT2D eigenvalue weighted by Crippen LogP contribution is 2.15. The SMILES string of the molecule is C[C@@H](O[N+](=O)[O-])c1ccccc1. The monoisotopic (exact) mass is 167 g/mol. The van der Waals surface area contributed by atoms with Crippen LogP contribution in [-0.2, 0) is 4.84 Å². The van der Waals surface area contributed by atoms with Crippen LogP contribution in [0.1, 0.15) is 18.6 Å². The molecule has 0 fully saturated rings. The van der Waals surface area contributed by atoms with Crippen molar-refractivity contribution in [2.24, 2.45) is 0 Å². The lowest BCUT2D eigenvalue weighted by Crippen LogP contribution is -2.05. The van der Waals surface area contributed by atoms with E-state index in [0.717, 1.165) is 5.56 Å². The molecule has 0 heterocycles. The molecule has 0 N–H and O–H groups in total. The Balaban J connectivity index is 2.65. The maximum Gasteiger partial charge on any atom is 0.295 e. The van der Waals surface area contributed by atoms with Gasteiger partial charge in [0.25, 0.3) is 5.09 Å². The minimum atomic E-state index is -0.780. The number of rotatable bonds is 3. The number of nitrogens with zero attached hydrogens (tertiary/aromatic N) is 1. The van der Waals surface area contributed by atoms with Gasteiger partial charge in [-0.25, -0.2) is 0 Å². The van der Waals surface area contributed by atoms with E-state index >= 15 is 0 Å². The van der Waals surface area contributed by atoms with Gasteiger partial charge in [0, 0.05) is 0 Å². The summed E-state index contributed by atoms with van der Waals surface area (Å²) < 4.78 is 0. The molecule has 0 spiro atoms. The molecular formula is C8H9NO3. The average Bonchev–Trinajstić information content (AvgIpc) is 2.05. The van der Waals surface area contributed by atoms with E-state index in [1.165, 1.54) is 0 Å². The number of hydrogen-bond acceptors (Lipinski definition) is 3. The molecule has 0 bridgehead atoms. The summed E-state index contributed by atoms with van der Waals surface area (Å²) in [4.78, 5) is 14.3. The molecule has 1 aromatic carbocycles. The van der Waals surface area contributed by atoms with Gasteiger partial charge in [0.05, 0.1) is 0 Å². The summed E-state index contributed by atoms with van der Waals surface area (Å²) in [5, 5.41) is 9.19. The molecule has 0 radical (unpaired) electrons. The van der Waals surface area contributed by atoms with Crippen LogP contribution in [0.5, 0.6) is 0 Å². The third kappa shape index (κ3) is 2.23. The molecule has 4 nitrogen and oxygen atoms in total. The van der Waals surface area contributed by atoms with Crippen molar-refractivity contribution in [3.63, 3.8) is 0 Å². The van der Waals surface area contributed by atoms with Gasteiger partial charge in [-0.3, -0.25) is 0 Å². The summed E-state index contributed by atoms with van der Waals surface area (Å²) in [5.74, 6) is 0. The molecule has 0 aliphatic heterocycles. The van der Waals surface area contributed by atoms with Gasteiger partial charge in [-0.1, -0.05) is 30.3 Å². The summed E-state index contributed by atoms with van der Waals surface area (Å²) in [7, 11) is 0. The van der Waals surface area contributed by atoms with Gasteiger partial charge in [0.1, 0.15) is 6.10 Å². The first-order valence-electron chi connectivity index (χ1n) is 3.56. The number of benzene rings is 1. The molecule has 1 aromatic rings. The van der Waals surface area contributed by atoms with E-state index in [-0.39, 0.29) is 0 Å². The summed E-state index contributed by atoms with van der Waals surface area (Å²) in [6, 6.07) is 9.05. The lowest BCUT2D eigenvalue weighted by Gasteiger charge is -2.07. The smallest absolute Gasteiger partial charge is 0.295 e. The summed E-state index contributed by atoms with van der Waals surface area (Å²) in [6.45, 7) is 1.64. The first-order chi connectivity index (χ1) is 5.70. The van der Waals surface area contributed by atoms with Gasteiger partial charge in [-0.2, -0.15) is 0 Å². The zero-order valence-corrected chi connectivity index (χ0v) is 6.64. The van der Waals surface area contributed by atoms with Gasteiger partial charge in [-0.05, 0) is 12.5 Å². The van der Waals surface area contributed by atoms with E-state index in [9.17, 15) is 10.1 Å². The second kappa shape index (κ2) is 3.71. The van der Waals surface area contributed by atoms with Crippen molar-refractivity contribution in [2.75, 3.05) is 0 Å². The Kier molecular flexibility index (Phi) is 2.63. The quantitative estimate of drug-likeness (QED) is 0.510. The Hall–Kier alpha value is -1.58. The molecule has 0 saturated heterocycles. The van der Waals surface area contributed by atoms with Gasteiger partial charge in [-0.15, -0.1) is 10.1 Å². The molecule has 0 aliphatic carbocycles. The summed E-state index contributed by atoms with van der Waals surface area (Å²) in [6.07, 6.45) is -0.499. The molecule has 0 amide bonds. The van der Waals surface area contributed by atoms with Crippen LogP contribution in [0.15, 0.2) is 30.3 Å². The van der Waals surface area contributed by atoms with Crippen LogP contribution in [0.3, 0.4) is 0 Å². The molecule has 12 heavy (non-hydrogen) atoms. The Morgan fingerprint density at radius 3 is 2.50 bits per heavy atom. The van der Waals surface area contributed by atoms with Crippen LogP contribution in [0.2, 0.25) is 0 Å². The molecule has 64 valence electrons. The maximum atomic E-state index is 9.97. The maximum absolute atomic E-state index is 9.97. The minimum Gasteiger partial charge on any atom is -0.306 e. The van der Waals surface area contributed by atoms with Gasteiger partial charge < -0.3 is 4.84 Å². The van der Waals surface area contributed by atoms with Crippen LogP contribution < -0.4 is 0 Å². The minimum absolute atomic E-state index is 0.499. The van der Waals surface area contributed by atoms with E-state index in [0.29, 0.717) is 0 Å². The second-order valence-electron chi connectivity index (χ2n) is 2.38. The van der Waals surface area contributed by atoms with E-state index in [4.69, 9.17) is 0 Å². The van der Waals surface area contributed by atoms with Crippen molar-refractivity contribution < 1.29 is 9.92 Å². The van der Waals surface area contributed by atoms with Crippen molar-refractivity contribution in [3.8, 4) is 0 Å². The largest absolute Gasteiger partial charge is 0.306 e. The molecule has 0 saturated carbocycles. The van der Waals surface area contributed by atoms with Crippen molar-refractivity contribution in [3.05, 3.63) is 46.0 Å². The van der Waals surface area contributed by atoms with Crippen molar-refractivity contribution in [1.82, 2.24) is 0 Å². The van der Waals surface area contributed by atoms with Gasteiger partial charge in [0.15, 0.2) is 0 Å². The van der Waals surface area contributed by atoms with Crippen molar-refractivity contribution in [2.45, 2.75) is 13.0 Å². The lowest BCUT2D eigenvalue weighted by atomic mass is 10.1. The molecule has 0 aromatic heterocycles. The Morgan fingerprint density at radius 1 is 1.42 bits per heavy atom. The highest BCUT2D eigenvalue weighted by molar-refractivity contribution is 5.16. The highest BCUT2D eigenvalue weighted by atomic mass is 17.0. The number of hydrogen-bond donors (Lipinski definition) is 0. The van der Waals surface area contributed by atoms with Crippen molar-refractivity contribution >= 4 is 0 Å². The van der Waals surface area contributed by atoms with Crippen LogP contribution in [0.4, 0.5) is 0 Å².